The van der Waals surface area contributed by atoms with Crippen molar-refractivity contribution in [1.82, 2.24) is 15.1 Å². The van der Waals surface area contributed by atoms with Crippen LogP contribution in [-0.4, -0.2) is 32.8 Å². The third kappa shape index (κ3) is 2.57. The van der Waals surface area contributed by atoms with E-state index in [4.69, 9.17) is 0 Å². The molecule has 21 heavy (non-hydrogen) atoms. The first-order chi connectivity index (χ1) is 10.1. The zero-order valence-corrected chi connectivity index (χ0v) is 11.9. The highest BCUT2D eigenvalue weighted by atomic mass is 16.4. The summed E-state index contributed by atoms with van der Waals surface area (Å²) in [5.41, 5.74) is 0.827. The molecule has 2 aliphatic rings. The fraction of sp³-hybridized carbons (Fsp3) is 0.533. The summed E-state index contributed by atoms with van der Waals surface area (Å²) in [4.78, 5) is 23.4. The van der Waals surface area contributed by atoms with Crippen molar-refractivity contribution >= 4 is 18.0 Å². The predicted octanol–water partition coefficient (Wildman–Crippen LogP) is 1.05. The molecule has 1 heterocycles. The van der Waals surface area contributed by atoms with Gasteiger partial charge in [-0.05, 0) is 43.2 Å². The Labute approximate surface area is 122 Å². The van der Waals surface area contributed by atoms with E-state index in [0.717, 1.165) is 25.0 Å². The summed E-state index contributed by atoms with van der Waals surface area (Å²) in [6, 6.07) is 1.58. The maximum absolute atomic E-state index is 12.0. The van der Waals surface area contributed by atoms with E-state index in [1.165, 1.54) is 6.08 Å². The number of amides is 1. The molecule has 0 radical (unpaired) electrons. The maximum atomic E-state index is 12.0. The van der Waals surface area contributed by atoms with Gasteiger partial charge in [0.25, 0.3) is 0 Å². The number of rotatable bonds is 4. The number of carbonyl (C=O) groups excluding carboxylic acids is 1. The Morgan fingerprint density at radius 2 is 2.19 bits per heavy atom. The number of hydrogen-bond acceptors (Lipinski definition) is 3. The molecule has 2 aliphatic carbocycles. The Morgan fingerprint density at radius 1 is 1.43 bits per heavy atom. The van der Waals surface area contributed by atoms with Crippen LogP contribution in [0.2, 0.25) is 0 Å². The van der Waals surface area contributed by atoms with Crippen LogP contribution in [0, 0.1) is 17.8 Å². The molecule has 112 valence electrons. The van der Waals surface area contributed by atoms with Crippen molar-refractivity contribution in [3.05, 3.63) is 24.0 Å². The highest BCUT2D eigenvalue weighted by Gasteiger charge is 2.51. The van der Waals surface area contributed by atoms with Crippen molar-refractivity contribution in [2.45, 2.75) is 25.3 Å². The summed E-state index contributed by atoms with van der Waals surface area (Å²) >= 11 is 0. The monoisotopic (exact) mass is 289 g/mol. The van der Waals surface area contributed by atoms with E-state index < -0.39 is 11.9 Å². The second-order valence-electron chi connectivity index (χ2n) is 5.94. The number of hydrogen-bond donors (Lipinski definition) is 2. The van der Waals surface area contributed by atoms with Gasteiger partial charge in [-0.25, -0.2) is 0 Å². The normalized spacial score (nSPS) is 30.9. The van der Waals surface area contributed by atoms with Crippen LogP contribution in [0.1, 0.15) is 25.0 Å². The maximum Gasteiger partial charge on any atom is 0.308 e. The lowest BCUT2D eigenvalue weighted by molar-refractivity contribution is -0.144. The van der Waals surface area contributed by atoms with E-state index in [-0.39, 0.29) is 17.9 Å². The standard InChI is InChI=1S/C15H19N3O3/c1-18-11(6-7-16-18)4-5-12(19)17-14-10-3-2-9(8-10)13(14)15(20)21/h4-7,9-10,13-14H,2-3,8H2,1H3,(H,17,19)(H,20,21). The molecular formula is C15H19N3O3. The zero-order valence-electron chi connectivity index (χ0n) is 11.9. The van der Waals surface area contributed by atoms with Crippen LogP contribution < -0.4 is 5.32 Å². The van der Waals surface area contributed by atoms with E-state index in [0.29, 0.717) is 5.92 Å². The summed E-state index contributed by atoms with van der Waals surface area (Å²) in [7, 11) is 1.80. The van der Waals surface area contributed by atoms with E-state index in [2.05, 4.69) is 10.4 Å². The summed E-state index contributed by atoms with van der Waals surface area (Å²) in [5.74, 6) is -0.926. The Hall–Kier alpha value is -2.11. The van der Waals surface area contributed by atoms with Crippen molar-refractivity contribution in [2.24, 2.45) is 24.8 Å². The first-order valence-electron chi connectivity index (χ1n) is 7.25. The van der Waals surface area contributed by atoms with Crippen molar-refractivity contribution in [1.29, 1.82) is 0 Å². The van der Waals surface area contributed by atoms with Gasteiger partial charge in [-0.2, -0.15) is 5.10 Å². The number of aliphatic carboxylic acids is 1. The van der Waals surface area contributed by atoms with Gasteiger partial charge < -0.3 is 10.4 Å². The third-order valence-electron chi connectivity index (χ3n) is 4.77. The first-order valence-corrected chi connectivity index (χ1v) is 7.25. The van der Waals surface area contributed by atoms with Gasteiger partial charge in [0, 0.05) is 25.4 Å². The van der Waals surface area contributed by atoms with Gasteiger partial charge in [-0.1, -0.05) is 0 Å². The number of aromatic nitrogens is 2. The molecule has 2 fully saturated rings. The van der Waals surface area contributed by atoms with Gasteiger partial charge in [-0.3, -0.25) is 14.3 Å². The second kappa shape index (κ2) is 5.35. The number of carboxylic acids is 1. The molecule has 0 aromatic carbocycles. The van der Waals surface area contributed by atoms with Crippen LogP contribution in [0.15, 0.2) is 18.3 Å². The number of carboxylic acid groups (broad SMARTS) is 1. The number of aryl methyl sites for hydroxylation is 1. The smallest absolute Gasteiger partial charge is 0.308 e. The average Bonchev–Trinajstić information content (AvgIpc) is 3.12. The molecule has 0 spiro atoms. The minimum absolute atomic E-state index is 0.221. The largest absolute Gasteiger partial charge is 0.481 e. The Balaban J connectivity index is 1.66. The number of carbonyl (C=O) groups is 2. The number of nitrogens with one attached hydrogen (secondary N) is 1. The zero-order chi connectivity index (χ0) is 15.0. The van der Waals surface area contributed by atoms with Gasteiger partial charge in [0.15, 0.2) is 0 Å². The summed E-state index contributed by atoms with van der Waals surface area (Å²) in [5, 5.41) is 16.3. The highest BCUT2D eigenvalue weighted by Crippen LogP contribution is 2.48. The van der Waals surface area contributed by atoms with Gasteiger partial charge in [0.2, 0.25) is 5.91 Å². The third-order valence-corrected chi connectivity index (χ3v) is 4.77. The molecule has 2 N–H and O–H groups in total. The molecule has 1 aromatic heterocycles. The van der Waals surface area contributed by atoms with Crippen LogP contribution in [0.5, 0.6) is 0 Å². The highest BCUT2D eigenvalue weighted by molar-refractivity contribution is 5.92. The summed E-state index contributed by atoms with van der Waals surface area (Å²) in [6.07, 6.45) is 7.71. The van der Waals surface area contributed by atoms with E-state index in [1.54, 1.807) is 30.1 Å². The Bertz CT molecular complexity index is 593. The number of fused-ring (bicyclic) bond motifs is 2. The van der Waals surface area contributed by atoms with Crippen molar-refractivity contribution in [3.63, 3.8) is 0 Å². The van der Waals surface area contributed by atoms with Crippen LogP contribution in [0.3, 0.4) is 0 Å². The predicted molar refractivity (Wildman–Crippen MR) is 76.1 cm³/mol. The lowest BCUT2D eigenvalue weighted by Crippen LogP contribution is -2.46. The lowest BCUT2D eigenvalue weighted by atomic mass is 9.84. The fourth-order valence-corrected chi connectivity index (χ4v) is 3.78. The molecule has 1 amide bonds. The van der Waals surface area contributed by atoms with Crippen molar-refractivity contribution < 1.29 is 14.7 Å². The molecule has 1 aromatic rings. The second-order valence-corrected chi connectivity index (χ2v) is 5.94. The van der Waals surface area contributed by atoms with Crippen LogP contribution in [-0.2, 0) is 16.6 Å². The molecule has 0 saturated heterocycles. The molecular weight excluding hydrogens is 270 g/mol. The van der Waals surface area contributed by atoms with E-state index in [1.807, 2.05) is 0 Å². The van der Waals surface area contributed by atoms with Crippen molar-refractivity contribution in [2.75, 3.05) is 0 Å². The Kier molecular flexibility index (Phi) is 3.53. The van der Waals surface area contributed by atoms with Crippen LogP contribution in [0.4, 0.5) is 0 Å². The Morgan fingerprint density at radius 3 is 2.86 bits per heavy atom. The van der Waals surface area contributed by atoms with E-state index in [9.17, 15) is 14.7 Å². The molecule has 6 nitrogen and oxygen atoms in total. The van der Waals surface area contributed by atoms with Gasteiger partial charge in [0.05, 0.1) is 11.6 Å². The molecule has 3 rings (SSSR count). The van der Waals surface area contributed by atoms with Gasteiger partial charge >= 0.3 is 5.97 Å². The summed E-state index contributed by atoms with van der Waals surface area (Å²) < 4.78 is 1.67. The van der Waals surface area contributed by atoms with E-state index >= 15 is 0 Å². The van der Waals surface area contributed by atoms with Crippen LogP contribution >= 0.6 is 0 Å². The molecule has 6 heteroatoms. The molecule has 4 unspecified atom stereocenters. The minimum atomic E-state index is -0.789. The fourth-order valence-electron chi connectivity index (χ4n) is 3.78. The lowest BCUT2D eigenvalue weighted by Gasteiger charge is -2.28. The van der Waals surface area contributed by atoms with Gasteiger partial charge in [-0.15, -0.1) is 0 Å². The van der Waals surface area contributed by atoms with Gasteiger partial charge in [0.1, 0.15) is 0 Å². The molecule has 2 saturated carbocycles. The first kappa shape index (κ1) is 13.9. The topological polar surface area (TPSA) is 84.2 Å². The molecule has 0 aliphatic heterocycles. The molecule has 4 atom stereocenters. The minimum Gasteiger partial charge on any atom is -0.481 e. The average molecular weight is 289 g/mol. The summed E-state index contributed by atoms with van der Waals surface area (Å²) in [6.45, 7) is 0. The quantitative estimate of drug-likeness (QED) is 0.811. The molecule has 2 bridgehead atoms. The van der Waals surface area contributed by atoms with Crippen LogP contribution in [0.25, 0.3) is 6.08 Å². The number of nitrogens with zero attached hydrogens (tertiary/aromatic N) is 2. The SMILES string of the molecule is Cn1nccc1C=CC(=O)NC1C2CCC(C2)C1C(=O)O. The van der Waals surface area contributed by atoms with Crippen molar-refractivity contribution in [3.8, 4) is 0 Å².